The first kappa shape index (κ1) is 23.0. The normalized spacial score (nSPS) is 34.3. The van der Waals surface area contributed by atoms with Crippen LogP contribution in [0.25, 0.3) is 0 Å². The Labute approximate surface area is 208 Å². The lowest BCUT2D eigenvalue weighted by molar-refractivity contribution is -0.298. The Hall–Kier alpha value is -1.43. The van der Waals surface area contributed by atoms with E-state index >= 15 is 0 Å². The molecule has 6 rings (SSSR count). The molecule has 0 bridgehead atoms. The number of nitrogens with zero attached hydrogens (tertiary/aromatic N) is 2. The number of hydrogen-bond donors (Lipinski definition) is 1. The number of pyridine rings is 1. The van der Waals surface area contributed by atoms with Gasteiger partial charge in [-0.1, -0.05) is 53.7 Å². The highest BCUT2D eigenvalue weighted by Gasteiger charge is 2.51. The second-order valence-electron chi connectivity index (χ2n) is 9.44. The summed E-state index contributed by atoms with van der Waals surface area (Å²) >= 11 is 7.87. The number of thioether (sulfide) groups is 1. The number of benzene rings is 1. The van der Waals surface area contributed by atoms with E-state index in [1.54, 1.807) is 13.3 Å². The van der Waals surface area contributed by atoms with Gasteiger partial charge < -0.3 is 34.3 Å². The number of nitrogens with two attached hydrogens (primary N) is 1. The molecule has 4 aliphatic rings. The Balaban J connectivity index is 1.19. The van der Waals surface area contributed by atoms with Crippen LogP contribution in [0.5, 0.6) is 0 Å². The summed E-state index contributed by atoms with van der Waals surface area (Å²) in [6, 6.07) is 11.4. The third-order valence-electron chi connectivity index (χ3n) is 6.95. The molecule has 4 saturated heterocycles. The van der Waals surface area contributed by atoms with Crippen LogP contribution in [0.3, 0.4) is 0 Å². The Bertz CT molecular complexity index is 1020. The molecule has 10 heteroatoms. The zero-order valence-electron chi connectivity index (χ0n) is 18.8. The van der Waals surface area contributed by atoms with Gasteiger partial charge in [-0.25, -0.2) is 4.98 Å². The van der Waals surface area contributed by atoms with Crippen LogP contribution in [0.4, 0.5) is 5.82 Å². The molecule has 6 unspecified atom stereocenters. The van der Waals surface area contributed by atoms with Crippen LogP contribution in [0.2, 0.25) is 5.02 Å². The van der Waals surface area contributed by atoms with Crippen molar-refractivity contribution >= 4 is 29.2 Å². The quantitative estimate of drug-likeness (QED) is 0.658. The maximum atomic E-state index is 6.69. The summed E-state index contributed by atoms with van der Waals surface area (Å²) in [5.74, 6) is 0.904. The van der Waals surface area contributed by atoms with Crippen molar-refractivity contribution in [3.05, 3.63) is 53.2 Å². The van der Waals surface area contributed by atoms with E-state index in [9.17, 15) is 0 Å². The fourth-order valence-corrected chi connectivity index (χ4v) is 6.70. The standard InChI is InChI=1S/C24H28ClN3O5S/c1-29-20-18(26)19-16(9-31-22(33-19)14-5-3-2-4-6-14)32-23(20)34-17-7-15(25)8-27-21(17)28-10-24(11-28)12-30-13-24/h2-8,16,18-20,22-23H,9-13,26H2,1H3. The predicted molar refractivity (Wildman–Crippen MR) is 128 cm³/mol. The molecule has 2 aromatic rings. The van der Waals surface area contributed by atoms with E-state index in [4.69, 9.17) is 41.0 Å². The van der Waals surface area contributed by atoms with Crippen molar-refractivity contribution in [2.75, 3.05) is 44.9 Å². The van der Waals surface area contributed by atoms with Crippen molar-refractivity contribution < 1.29 is 23.7 Å². The van der Waals surface area contributed by atoms with E-state index in [0.29, 0.717) is 11.6 Å². The van der Waals surface area contributed by atoms with E-state index in [1.165, 1.54) is 11.8 Å². The van der Waals surface area contributed by atoms with E-state index in [0.717, 1.165) is 42.6 Å². The Kier molecular flexibility index (Phi) is 6.24. The fourth-order valence-electron chi connectivity index (χ4n) is 5.12. The van der Waals surface area contributed by atoms with Crippen LogP contribution in [0, 0.1) is 5.41 Å². The number of methoxy groups -OCH3 is 1. The van der Waals surface area contributed by atoms with Crippen molar-refractivity contribution in [2.45, 2.75) is 41.0 Å². The van der Waals surface area contributed by atoms with Crippen molar-refractivity contribution in [3.8, 4) is 0 Å². The lowest BCUT2D eigenvalue weighted by Gasteiger charge is -2.55. The molecule has 0 amide bonds. The third kappa shape index (κ3) is 4.12. The first-order chi connectivity index (χ1) is 16.5. The van der Waals surface area contributed by atoms with Gasteiger partial charge >= 0.3 is 0 Å². The van der Waals surface area contributed by atoms with Crippen molar-refractivity contribution in [1.82, 2.24) is 4.98 Å². The number of anilines is 1. The molecule has 4 fully saturated rings. The zero-order valence-corrected chi connectivity index (χ0v) is 20.4. The highest BCUT2D eigenvalue weighted by molar-refractivity contribution is 8.00. The van der Waals surface area contributed by atoms with E-state index in [-0.39, 0.29) is 35.2 Å². The molecule has 4 aliphatic heterocycles. The number of ether oxygens (including phenoxy) is 5. The molecule has 34 heavy (non-hydrogen) atoms. The lowest BCUT2D eigenvalue weighted by Crippen LogP contribution is -2.66. The van der Waals surface area contributed by atoms with Crippen LogP contribution in [0.15, 0.2) is 47.5 Å². The van der Waals surface area contributed by atoms with Gasteiger partial charge in [-0.15, -0.1) is 0 Å². The Morgan fingerprint density at radius 3 is 2.71 bits per heavy atom. The van der Waals surface area contributed by atoms with Gasteiger partial charge in [-0.2, -0.15) is 0 Å². The Morgan fingerprint density at radius 1 is 1.21 bits per heavy atom. The number of halogens is 1. The van der Waals surface area contributed by atoms with Crippen molar-refractivity contribution in [1.29, 1.82) is 0 Å². The van der Waals surface area contributed by atoms with Gasteiger partial charge in [0.1, 0.15) is 29.6 Å². The Morgan fingerprint density at radius 2 is 2.00 bits per heavy atom. The molecular weight excluding hydrogens is 478 g/mol. The largest absolute Gasteiger partial charge is 0.380 e. The summed E-state index contributed by atoms with van der Waals surface area (Å²) in [4.78, 5) is 7.85. The minimum atomic E-state index is -0.475. The summed E-state index contributed by atoms with van der Waals surface area (Å²) in [6.45, 7) is 3.89. The molecule has 182 valence electrons. The number of aromatic nitrogens is 1. The second-order valence-corrected chi connectivity index (χ2v) is 11.0. The fraction of sp³-hybridized carbons (Fsp3) is 0.542. The van der Waals surface area contributed by atoms with Crippen LogP contribution >= 0.6 is 23.4 Å². The molecular formula is C24H28ClN3O5S. The smallest absolute Gasteiger partial charge is 0.184 e. The molecule has 0 aliphatic carbocycles. The van der Waals surface area contributed by atoms with Crippen LogP contribution in [-0.2, 0) is 23.7 Å². The van der Waals surface area contributed by atoms with Crippen LogP contribution in [0.1, 0.15) is 11.9 Å². The summed E-state index contributed by atoms with van der Waals surface area (Å²) in [5.41, 5.74) is 7.57. The van der Waals surface area contributed by atoms with Gasteiger partial charge in [0.05, 0.1) is 41.2 Å². The molecule has 5 heterocycles. The van der Waals surface area contributed by atoms with E-state index < -0.39 is 6.29 Å². The van der Waals surface area contributed by atoms with Crippen molar-refractivity contribution in [3.63, 3.8) is 0 Å². The van der Waals surface area contributed by atoms with Gasteiger partial charge in [-0.05, 0) is 6.07 Å². The lowest BCUT2D eigenvalue weighted by atomic mass is 9.78. The average molecular weight is 506 g/mol. The average Bonchev–Trinajstić information content (AvgIpc) is 2.79. The highest BCUT2D eigenvalue weighted by atomic mass is 35.5. The molecule has 0 radical (unpaired) electrons. The van der Waals surface area contributed by atoms with Gasteiger partial charge in [-0.3, -0.25) is 0 Å². The molecule has 2 N–H and O–H groups in total. The summed E-state index contributed by atoms with van der Waals surface area (Å²) in [5, 5.41) is 0.579. The van der Waals surface area contributed by atoms with Gasteiger partial charge in [0.15, 0.2) is 6.29 Å². The van der Waals surface area contributed by atoms with E-state index in [1.807, 2.05) is 36.4 Å². The highest BCUT2D eigenvalue weighted by Crippen LogP contribution is 2.45. The predicted octanol–water partition coefficient (Wildman–Crippen LogP) is 2.85. The summed E-state index contributed by atoms with van der Waals surface area (Å²) < 4.78 is 29.9. The molecule has 1 aromatic carbocycles. The molecule has 6 atom stereocenters. The number of fused-ring (bicyclic) bond motifs is 1. The first-order valence-electron chi connectivity index (χ1n) is 11.5. The summed E-state index contributed by atoms with van der Waals surface area (Å²) in [7, 11) is 1.66. The first-order valence-corrected chi connectivity index (χ1v) is 12.7. The van der Waals surface area contributed by atoms with Gasteiger partial charge in [0.25, 0.3) is 0 Å². The van der Waals surface area contributed by atoms with E-state index in [2.05, 4.69) is 9.88 Å². The number of hydrogen-bond acceptors (Lipinski definition) is 9. The monoisotopic (exact) mass is 505 g/mol. The topological polar surface area (TPSA) is 88.3 Å². The van der Waals surface area contributed by atoms with Gasteiger partial charge in [0.2, 0.25) is 0 Å². The maximum Gasteiger partial charge on any atom is 0.184 e. The maximum absolute atomic E-state index is 6.69. The second kappa shape index (κ2) is 9.22. The third-order valence-corrected chi connectivity index (χ3v) is 8.32. The SMILES string of the molecule is COC1C(Sc2cc(Cl)cnc2N2CC3(COC3)C2)OC2COC(c3ccccc3)OC2C1N. The van der Waals surface area contributed by atoms with Crippen LogP contribution < -0.4 is 10.6 Å². The molecule has 0 saturated carbocycles. The summed E-state index contributed by atoms with van der Waals surface area (Å²) in [6.07, 6.45) is 0.195. The molecule has 8 nitrogen and oxygen atoms in total. The van der Waals surface area contributed by atoms with Crippen molar-refractivity contribution in [2.24, 2.45) is 11.1 Å². The minimum Gasteiger partial charge on any atom is -0.380 e. The molecule has 1 aromatic heterocycles. The number of rotatable bonds is 5. The molecule has 1 spiro atoms. The minimum absolute atomic E-state index is 0.279. The van der Waals surface area contributed by atoms with Gasteiger partial charge in [0, 0.05) is 32.0 Å². The van der Waals surface area contributed by atoms with Crippen LogP contribution in [-0.4, -0.2) is 74.8 Å². The zero-order chi connectivity index (χ0) is 23.3.